The van der Waals surface area contributed by atoms with E-state index in [-0.39, 0.29) is 12.0 Å². The van der Waals surface area contributed by atoms with E-state index in [1.807, 2.05) is 43.3 Å². The summed E-state index contributed by atoms with van der Waals surface area (Å²) in [6.45, 7) is 2.24. The van der Waals surface area contributed by atoms with Gasteiger partial charge in [0, 0.05) is 17.8 Å². The lowest BCUT2D eigenvalue weighted by Gasteiger charge is -2.14. The molecule has 4 rings (SSSR count). The van der Waals surface area contributed by atoms with E-state index in [0.717, 1.165) is 5.69 Å². The van der Waals surface area contributed by atoms with Crippen LogP contribution in [0.4, 0.5) is 4.79 Å². The molecular weight excluding hydrogens is 286 g/mol. The third-order valence-corrected chi connectivity index (χ3v) is 4.49. The molecule has 3 nitrogen and oxygen atoms in total. The van der Waals surface area contributed by atoms with Crippen LogP contribution in [0.1, 0.15) is 22.7 Å². The molecule has 1 heterocycles. The van der Waals surface area contributed by atoms with E-state index in [2.05, 4.69) is 24.3 Å². The summed E-state index contributed by atoms with van der Waals surface area (Å²) in [4.78, 5) is 12.2. The first-order chi connectivity index (χ1) is 11.3. The summed E-state index contributed by atoms with van der Waals surface area (Å²) in [7, 11) is 0. The largest absolute Gasteiger partial charge is 0.448 e. The van der Waals surface area contributed by atoms with Gasteiger partial charge in [-0.2, -0.15) is 0 Å². The highest BCUT2D eigenvalue weighted by atomic mass is 16.5. The number of hydrogen-bond donors (Lipinski definition) is 0. The van der Waals surface area contributed by atoms with Crippen LogP contribution in [-0.2, 0) is 4.74 Å². The quantitative estimate of drug-likeness (QED) is 0.693. The van der Waals surface area contributed by atoms with Gasteiger partial charge in [0.2, 0.25) is 0 Å². The van der Waals surface area contributed by atoms with Crippen molar-refractivity contribution in [3.63, 3.8) is 0 Å². The molecule has 1 aromatic heterocycles. The first-order valence-corrected chi connectivity index (χ1v) is 7.75. The van der Waals surface area contributed by atoms with E-state index in [9.17, 15) is 4.79 Å². The maximum Gasteiger partial charge on any atom is 0.418 e. The number of nitrogens with zero attached hydrogens (tertiary/aromatic N) is 1. The third kappa shape index (κ3) is 2.25. The van der Waals surface area contributed by atoms with Crippen LogP contribution in [0.25, 0.3) is 11.1 Å². The topological polar surface area (TPSA) is 31.2 Å². The van der Waals surface area contributed by atoms with E-state index in [0.29, 0.717) is 6.61 Å². The Morgan fingerprint density at radius 1 is 0.957 bits per heavy atom. The SMILES string of the molecule is Cc1cccn1C(=O)OCC1c2ccccc2-c2ccccc21. The van der Waals surface area contributed by atoms with E-state index < -0.39 is 0 Å². The van der Waals surface area contributed by atoms with Crippen LogP contribution in [0.5, 0.6) is 0 Å². The van der Waals surface area contributed by atoms with E-state index >= 15 is 0 Å². The number of carbonyl (C=O) groups is 1. The molecule has 0 fully saturated rings. The lowest BCUT2D eigenvalue weighted by molar-refractivity contribution is 0.144. The van der Waals surface area contributed by atoms with Crippen LogP contribution < -0.4 is 0 Å². The van der Waals surface area contributed by atoms with E-state index in [4.69, 9.17) is 4.74 Å². The number of carbonyl (C=O) groups excluding carboxylic acids is 1. The summed E-state index contributed by atoms with van der Waals surface area (Å²) >= 11 is 0. The molecule has 0 radical (unpaired) electrons. The van der Waals surface area contributed by atoms with Gasteiger partial charge in [-0.25, -0.2) is 4.79 Å². The van der Waals surface area contributed by atoms with Gasteiger partial charge in [-0.15, -0.1) is 0 Å². The minimum absolute atomic E-state index is 0.0993. The van der Waals surface area contributed by atoms with Crippen molar-refractivity contribution in [1.29, 1.82) is 0 Å². The summed E-state index contributed by atoms with van der Waals surface area (Å²) in [6.07, 6.45) is 1.41. The first-order valence-electron chi connectivity index (χ1n) is 7.75. The Morgan fingerprint density at radius 3 is 2.13 bits per heavy atom. The zero-order valence-corrected chi connectivity index (χ0v) is 12.9. The predicted molar refractivity (Wildman–Crippen MR) is 89.6 cm³/mol. The molecule has 0 atom stereocenters. The minimum Gasteiger partial charge on any atom is -0.448 e. The maximum atomic E-state index is 12.2. The average Bonchev–Trinajstić information content (AvgIpc) is 3.14. The number of aromatic nitrogens is 1. The Balaban J connectivity index is 1.62. The molecule has 0 aliphatic heterocycles. The molecule has 0 unspecified atom stereocenters. The molecule has 0 saturated carbocycles. The van der Waals surface area contributed by atoms with Crippen LogP contribution in [0, 0.1) is 6.92 Å². The molecule has 0 spiro atoms. The summed E-state index contributed by atoms with van der Waals surface area (Å²) in [5, 5.41) is 0. The second kappa shape index (κ2) is 5.43. The molecule has 0 amide bonds. The fraction of sp³-hybridized carbons (Fsp3) is 0.150. The van der Waals surface area contributed by atoms with Crippen LogP contribution in [0.3, 0.4) is 0 Å². The summed E-state index contributed by atoms with van der Waals surface area (Å²) in [5.74, 6) is 0.0993. The van der Waals surface area contributed by atoms with Crippen molar-refractivity contribution in [1.82, 2.24) is 4.57 Å². The predicted octanol–water partition coefficient (Wildman–Crippen LogP) is 4.59. The number of hydrogen-bond acceptors (Lipinski definition) is 2. The molecular formula is C20H17NO2. The minimum atomic E-state index is -0.325. The van der Waals surface area contributed by atoms with Gasteiger partial charge in [-0.05, 0) is 41.3 Å². The second-order valence-electron chi connectivity index (χ2n) is 5.82. The van der Waals surface area contributed by atoms with Crippen molar-refractivity contribution in [2.45, 2.75) is 12.8 Å². The smallest absolute Gasteiger partial charge is 0.418 e. The molecule has 23 heavy (non-hydrogen) atoms. The molecule has 0 bridgehead atoms. The highest BCUT2D eigenvalue weighted by Crippen LogP contribution is 2.44. The zero-order valence-electron chi connectivity index (χ0n) is 12.9. The molecule has 2 aromatic carbocycles. The van der Waals surface area contributed by atoms with Crippen molar-refractivity contribution in [3.8, 4) is 11.1 Å². The number of aryl methyl sites for hydroxylation is 1. The Kier molecular flexibility index (Phi) is 3.27. The summed E-state index contributed by atoms with van der Waals surface area (Å²) < 4.78 is 7.12. The lowest BCUT2D eigenvalue weighted by atomic mass is 9.98. The fourth-order valence-corrected chi connectivity index (χ4v) is 3.33. The number of benzene rings is 2. The van der Waals surface area contributed by atoms with Crippen LogP contribution in [0.2, 0.25) is 0 Å². The monoisotopic (exact) mass is 303 g/mol. The number of fused-ring (bicyclic) bond motifs is 3. The Labute approximate surface area is 135 Å². The van der Waals surface area contributed by atoms with E-state index in [1.165, 1.54) is 26.8 Å². The highest BCUT2D eigenvalue weighted by Gasteiger charge is 2.29. The van der Waals surface area contributed by atoms with Gasteiger partial charge < -0.3 is 4.74 Å². The Bertz CT molecular complexity index is 833. The molecule has 0 N–H and O–H groups in total. The maximum absolute atomic E-state index is 12.2. The van der Waals surface area contributed by atoms with Crippen LogP contribution >= 0.6 is 0 Å². The van der Waals surface area contributed by atoms with Gasteiger partial charge in [0.1, 0.15) is 6.61 Å². The van der Waals surface area contributed by atoms with Crippen molar-refractivity contribution in [2.24, 2.45) is 0 Å². The number of ether oxygens (including phenoxy) is 1. The standard InChI is InChI=1S/C20H17NO2/c1-14-7-6-12-21(14)20(22)23-13-19-17-10-4-2-8-15(17)16-9-3-5-11-18(16)19/h2-12,19H,13H2,1H3. The normalized spacial score (nSPS) is 12.7. The van der Waals surface area contributed by atoms with Gasteiger partial charge in [0.15, 0.2) is 0 Å². The van der Waals surface area contributed by atoms with Crippen LogP contribution in [-0.4, -0.2) is 17.3 Å². The molecule has 1 aliphatic rings. The third-order valence-electron chi connectivity index (χ3n) is 4.49. The second-order valence-corrected chi connectivity index (χ2v) is 5.82. The molecule has 3 heteroatoms. The fourth-order valence-electron chi connectivity index (χ4n) is 3.33. The summed E-state index contributed by atoms with van der Waals surface area (Å²) in [6, 6.07) is 20.4. The number of rotatable bonds is 2. The van der Waals surface area contributed by atoms with Gasteiger partial charge in [0.25, 0.3) is 0 Å². The van der Waals surface area contributed by atoms with Gasteiger partial charge in [0.05, 0.1) is 0 Å². The molecule has 0 saturated heterocycles. The van der Waals surface area contributed by atoms with Crippen molar-refractivity contribution in [2.75, 3.05) is 6.61 Å². The van der Waals surface area contributed by atoms with Crippen molar-refractivity contribution < 1.29 is 9.53 Å². The van der Waals surface area contributed by atoms with Crippen molar-refractivity contribution >= 4 is 6.09 Å². The average molecular weight is 303 g/mol. The van der Waals surface area contributed by atoms with Crippen LogP contribution in [0.15, 0.2) is 66.9 Å². The lowest BCUT2D eigenvalue weighted by Crippen LogP contribution is -2.18. The van der Waals surface area contributed by atoms with Gasteiger partial charge in [-0.1, -0.05) is 48.5 Å². The Morgan fingerprint density at radius 2 is 1.57 bits per heavy atom. The Hall–Kier alpha value is -2.81. The summed E-state index contributed by atoms with van der Waals surface area (Å²) in [5.41, 5.74) is 5.81. The van der Waals surface area contributed by atoms with E-state index in [1.54, 1.807) is 6.20 Å². The van der Waals surface area contributed by atoms with Gasteiger partial charge >= 0.3 is 6.09 Å². The zero-order chi connectivity index (χ0) is 15.8. The highest BCUT2D eigenvalue weighted by molar-refractivity contribution is 5.79. The van der Waals surface area contributed by atoms with Crippen molar-refractivity contribution in [3.05, 3.63) is 83.7 Å². The molecule has 1 aliphatic carbocycles. The van der Waals surface area contributed by atoms with Gasteiger partial charge in [-0.3, -0.25) is 4.57 Å². The first kappa shape index (κ1) is 13.8. The molecule has 3 aromatic rings. The molecule has 114 valence electrons.